The standard InChI is InChI=1S/C33H43NO6SSi/c1-11-38-30(35)32(5,6)39-25-18-17-23(20-24(25)28-16-13-19-41-28)21-33(22-34,40-42(9,10)31(2,3)4)29-26(36-7)14-12-15-27(29)37-8/h12-20H,11,21H2,1-10H3. The van der Waals surface area contributed by atoms with Gasteiger partial charge in [-0.1, -0.05) is 39.0 Å². The lowest BCUT2D eigenvalue weighted by molar-refractivity contribution is -0.158. The van der Waals surface area contributed by atoms with Gasteiger partial charge in [-0.25, -0.2) is 4.79 Å². The molecule has 2 aromatic carbocycles. The van der Waals surface area contributed by atoms with Crippen LogP contribution in [0.4, 0.5) is 0 Å². The first-order chi connectivity index (χ1) is 19.6. The second kappa shape index (κ2) is 12.9. The van der Waals surface area contributed by atoms with Crippen LogP contribution < -0.4 is 14.2 Å². The Morgan fingerprint density at radius 1 is 0.952 bits per heavy atom. The minimum atomic E-state index is -2.51. The van der Waals surface area contributed by atoms with Gasteiger partial charge in [0.25, 0.3) is 0 Å². The van der Waals surface area contributed by atoms with Crippen molar-refractivity contribution in [3.05, 3.63) is 65.0 Å². The maximum Gasteiger partial charge on any atom is 0.349 e. The first-order valence-electron chi connectivity index (χ1n) is 14.0. The van der Waals surface area contributed by atoms with Crippen LogP contribution >= 0.6 is 11.3 Å². The van der Waals surface area contributed by atoms with Gasteiger partial charge in [0.05, 0.1) is 26.4 Å². The number of nitriles is 1. The summed E-state index contributed by atoms with van der Waals surface area (Å²) in [7, 11) is 0.658. The van der Waals surface area contributed by atoms with Gasteiger partial charge < -0.3 is 23.4 Å². The van der Waals surface area contributed by atoms with Gasteiger partial charge >= 0.3 is 5.97 Å². The zero-order valence-electron chi connectivity index (χ0n) is 26.4. The normalized spacial score (nSPS) is 13.5. The third-order valence-corrected chi connectivity index (χ3v) is 13.0. The summed E-state index contributed by atoms with van der Waals surface area (Å²) in [6.07, 6.45) is 0.229. The molecule has 0 spiro atoms. The zero-order valence-corrected chi connectivity index (χ0v) is 28.2. The highest BCUT2D eigenvalue weighted by molar-refractivity contribution is 7.13. The lowest BCUT2D eigenvalue weighted by Crippen LogP contribution is -2.49. The van der Waals surface area contributed by atoms with Crippen molar-refractivity contribution in [2.75, 3.05) is 20.8 Å². The van der Waals surface area contributed by atoms with Crippen LogP contribution in [0.25, 0.3) is 10.4 Å². The summed E-state index contributed by atoms with van der Waals surface area (Å²) in [6, 6.07) is 17.8. The van der Waals surface area contributed by atoms with E-state index in [1.165, 1.54) is 0 Å². The maximum absolute atomic E-state index is 12.6. The van der Waals surface area contributed by atoms with Crippen LogP contribution in [0.3, 0.4) is 0 Å². The molecule has 0 N–H and O–H groups in total. The lowest BCUT2D eigenvalue weighted by Gasteiger charge is -2.43. The second-order valence-corrected chi connectivity index (χ2v) is 17.8. The van der Waals surface area contributed by atoms with Crippen LogP contribution in [-0.2, 0) is 26.0 Å². The minimum Gasteiger partial charge on any atom is -0.496 e. The Kier molecular flexibility index (Phi) is 10.2. The molecule has 1 unspecified atom stereocenters. The number of thiophene rings is 1. The molecule has 0 aliphatic rings. The fourth-order valence-corrected chi connectivity index (χ4v) is 6.59. The monoisotopic (exact) mass is 609 g/mol. The molecule has 9 heteroatoms. The van der Waals surface area contributed by atoms with Crippen molar-refractivity contribution in [2.45, 2.75) is 77.3 Å². The number of hydrogen-bond acceptors (Lipinski definition) is 8. The van der Waals surface area contributed by atoms with Crippen molar-refractivity contribution in [1.29, 1.82) is 5.26 Å². The third kappa shape index (κ3) is 7.00. The van der Waals surface area contributed by atoms with Crippen LogP contribution in [-0.4, -0.2) is 40.7 Å². The molecule has 1 atom stereocenters. The molecule has 1 heterocycles. The molecule has 0 aliphatic carbocycles. The summed E-state index contributed by atoms with van der Waals surface area (Å²) in [4.78, 5) is 13.6. The number of carbonyl (C=O) groups is 1. The molecule has 0 aliphatic heterocycles. The Labute approximate surface area is 255 Å². The molecular weight excluding hydrogens is 567 g/mol. The fraction of sp³-hybridized carbons (Fsp3) is 0.455. The van der Waals surface area contributed by atoms with Crippen LogP contribution in [0.2, 0.25) is 18.1 Å². The van der Waals surface area contributed by atoms with Gasteiger partial charge in [-0.2, -0.15) is 5.26 Å². The number of benzene rings is 2. The van der Waals surface area contributed by atoms with Gasteiger partial charge in [0.15, 0.2) is 19.5 Å². The Balaban J connectivity index is 2.23. The molecule has 0 saturated heterocycles. The number of methoxy groups -OCH3 is 2. The van der Waals surface area contributed by atoms with E-state index in [1.54, 1.807) is 46.3 Å². The molecular formula is C33H43NO6SSi. The zero-order chi connectivity index (χ0) is 31.3. The summed E-state index contributed by atoms with van der Waals surface area (Å²) in [5.41, 5.74) is -0.390. The Bertz CT molecular complexity index is 1400. The first-order valence-corrected chi connectivity index (χ1v) is 17.8. The van der Waals surface area contributed by atoms with Crippen LogP contribution in [0.15, 0.2) is 53.9 Å². The topological polar surface area (TPSA) is 87.0 Å². The van der Waals surface area contributed by atoms with E-state index in [0.29, 0.717) is 22.8 Å². The summed E-state index contributed by atoms with van der Waals surface area (Å²) in [5.74, 6) is 1.14. The van der Waals surface area contributed by atoms with Crippen molar-refractivity contribution in [2.24, 2.45) is 0 Å². The number of esters is 1. The van der Waals surface area contributed by atoms with Gasteiger partial charge in [-0.15, -0.1) is 11.3 Å². The van der Waals surface area contributed by atoms with Crippen LogP contribution in [0, 0.1) is 11.3 Å². The summed E-state index contributed by atoms with van der Waals surface area (Å²) in [5, 5.41) is 12.8. The molecule has 0 fully saturated rings. The molecule has 0 amide bonds. The first kappa shape index (κ1) is 33.2. The van der Waals surface area contributed by atoms with Gasteiger partial charge in [0.1, 0.15) is 23.3 Å². The average Bonchev–Trinajstić information content (AvgIpc) is 3.47. The summed E-state index contributed by atoms with van der Waals surface area (Å²) in [6.45, 7) is 16.1. The Morgan fingerprint density at radius 3 is 2.10 bits per heavy atom. The van der Waals surface area contributed by atoms with Gasteiger partial charge in [0, 0.05) is 16.9 Å². The van der Waals surface area contributed by atoms with E-state index >= 15 is 0 Å². The summed E-state index contributed by atoms with van der Waals surface area (Å²) < 4.78 is 30.1. The molecule has 1 aromatic heterocycles. The molecule has 7 nitrogen and oxygen atoms in total. The maximum atomic E-state index is 12.6. The number of carbonyl (C=O) groups excluding carboxylic acids is 1. The highest BCUT2D eigenvalue weighted by Crippen LogP contribution is 2.48. The largest absolute Gasteiger partial charge is 0.496 e. The third-order valence-electron chi connectivity index (χ3n) is 7.66. The number of hydrogen-bond donors (Lipinski definition) is 0. The molecule has 0 radical (unpaired) electrons. The van der Waals surface area contributed by atoms with E-state index in [-0.39, 0.29) is 18.1 Å². The lowest BCUT2D eigenvalue weighted by atomic mass is 9.86. The molecule has 226 valence electrons. The Morgan fingerprint density at radius 2 is 1.60 bits per heavy atom. The quantitative estimate of drug-likeness (QED) is 0.151. The van der Waals surface area contributed by atoms with E-state index in [9.17, 15) is 10.1 Å². The smallest absolute Gasteiger partial charge is 0.349 e. The summed E-state index contributed by atoms with van der Waals surface area (Å²) >= 11 is 1.56. The minimum absolute atomic E-state index is 0.164. The number of rotatable bonds is 12. The van der Waals surface area contributed by atoms with Gasteiger partial charge in [-0.3, -0.25) is 0 Å². The number of ether oxygens (including phenoxy) is 4. The number of nitrogens with zero attached hydrogens (tertiary/aromatic N) is 1. The molecule has 0 saturated carbocycles. The van der Waals surface area contributed by atoms with E-state index in [1.807, 2.05) is 53.9 Å². The molecule has 3 aromatic rings. The highest BCUT2D eigenvalue weighted by atomic mass is 32.1. The van der Waals surface area contributed by atoms with Crippen molar-refractivity contribution < 1.29 is 28.2 Å². The predicted octanol–water partition coefficient (Wildman–Crippen LogP) is 8.14. The van der Waals surface area contributed by atoms with Crippen LogP contribution in [0.1, 0.15) is 52.7 Å². The molecule has 3 rings (SSSR count). The van der Waals surface area contributed by atoms with E-state index in [0.717, 1.165) is 16.0 Å². The molecule has 42 heavy (non-hydrogen) atoms. The fourth-order valence-electron chi connectivity index (χ4n) is 4.44. The average molecular weight is 610 g/mol. The van der Waals surface area contributed by atoms with E-state index in [2.05, 4.69) is 39.9 Å². The van der Waals surface area contributed by atoms with Crippen molar-refractivity contribution in [1.82, 2.24) is 0 Å². The van der Waals surface area contributed by atoms with E-state index in [4.69, 9.17) is 23.4 Å². The predicted molar refractivity (Wildman–Crippen MR) is 170 cm³/mol. The van der Waals surface area contributed by atoms with Crippen molar-refractivity contribution in [3.8, 4) is 33.8 Å². The van der Waals surface area contributed by atoms with E-state index < -0.39 is 25.5 Å². The molecule has 0 bridgehead atoms. The van der Waals surface area contributed by atoms with Gasteiger partial charge in [0.2, 0.25) is 0 Å². The SMILES string of the molecule is CCOC(=O)C(C)(C)Oc1ccc(CC(C#N)(O[Si](C)(C)C(C)(C)C)c2c(OC)cccc2OC)cc1-c1cccs1. The van der Waals surface area contributed by atoms with Crippen molar-refractivity contribution >= 4 is 25.6 Å². The van der Waals surface area contributed by atoms with Crippen LogP contribution in [0.5, 0.6) is 17.2 Å². The van der Waals surface area contributed by atoms with Gasteiger partial charge in [-0.05, 0) is 80.2 Å². The Hall–Kier alpha value is -3.32. The second-order valence-electron chi connectivity index (χ2n) is 12.2. The highest BCUT2D eigenvalue weighted by Gasteiger charge is 2.49. The van der Waals surface area contributed by atoms with Crippen molar-refractivity contribution in [3.63, 3.8) is 0 Å².